The topological polar surface area (TPSA) is 24.9 Å². The standard InChI is InChI=1S/C18H13BrN2/c19-15-8-5-12(6-9-15)16-10-7-14-4-3-13-2-1-11-20-17(13)18(14)21-16/h1-10,20H,11H2. The average molecular weight is 337 g/mol. The maximum atomic E-state index is 4.88. The first kappa shape index (κ1) is 12.6. The van der Waals surface area contributed by atoms with E-state index in [1.54, 1.807) is 0 Å². The molecule has 0 bridgehead atoms. The first-order valence-electron chi connectivity index (χ1n) is 6.91. The molecule has 0 saturated heterocycles. The van der Waals surface area contributed by atoms with Crippen molar-refractivity contribution in [2.24, 2.45) is 0 Å². The van der Waals surface area contributed by atoms with E-state index in [0.29, 0.717) is 0 Å². The average Bonchev–Trinajstić information content (AvgIpc) is 2.55. The van der Waals surface area contributed by atoms with Gasteiger partial charge >= 0.3 is 0 Å². The highest BCUT2D eigenvalue weighted by atomic mass is 79.9. The van der Waals surface area contributed by atoms with Crippen LogP contribution in [-0.2, 0) is 0 Å². The maximum absolute atomic E-state index is 4.88. The lowest BCUT2D eigenvalue weighted by Gasteiger charge is -2.15. The van der Waals surface area contributed by atoms with Gasteiger partial charge in [0.2, 0.25) is 0 Å². The molecule has 4 rings (SSSR count). The van der Waals surface area contributed by atoms with Gasteiger partial charge in [-0.2, -0.15) is 0 Å². The molecule has 3 aromatic rings. The molecule has 0 amide bonds. The summed E-state index contributed by atoms with van der Waals surface area (Å²) in [4.78, 5) is 4.88. The van der Waals surface area contributed by atoms with Crippen molar-refractivity contribution in [3.8, 4) is 11.3 Å². The number of benzene rings is 2. The largest absolute Gasteiger partial charge is 0.379 e. The molecule has 3 heteroatoms. The highest BCUT2D eigenvalue weighted by molar-refractivity contribution is 9.10. The fourth-order valence-corrected chi connectivity index (χ4v) is 2.92. The third kappa shape index (κ3) is 2.24. The minimum absolute atomic E-state index is 0.857. The van der Waals surface area contributed by atoms with Crippen LogP contribution in [0.3, 0.4) is 0 Å². The number of anilines is 1. The van der Waals surface area contributed by atoms with Crippen LogP contribution in [0.25, 0.3) is 28.2 Å². The molecule has 0 aliphatic carbocycles. The van der Waals surface area contributed by atoms with Gasteiger partial charge in [0, 0.05) is 22.0 Å². The first-order chi connectivity index (χ1) is 10.3. The van der Waals surface area contributed by atoms with E-state index in [0.717, 1.165) is 38.9 Å². The lowest BCUT2D eigenvalue weighted by molar-refractivity contribution is 1.30. The van der Waals surface area contributed by atoms with Gasteiger partial charge in [-0.3, -0.25) is 0 Å². The summed E-state index contributed by atoms with van der Waals surface area (Å²) in [6.07, 6.45) is 4.28. The van der Waals surface area contributed by atoms with Gasteiger partial charge in [0.05, 0.1) is 16.9 Å². The summed E-state index contributed by atoms with van der Waals surface area (Å²) in [6, 6.07) is 16.7. The Morgan fingerprint density at radius 1 is 0.952 bits per heavy atom. The molecule has 2 aromatic carbocycles. The lowest BCUT2D eigenvalue weighted by atomic mass is 10.0. The van der Waals surface area contributed by atoms with Crippen LogP contribution in [-0.4, -0.2) is 11.5 Å². The summed E-state index contributed by atoms with van der Waals surface area (Å²) >= 11 is 3.47. The Labute approximate surface area is 131 Å². The third-order valence-corrected chi connectivity index (χ3v) is 4.26. The van der Waals surface area contributed by atoms with Gasteiger partial charge in [-0.05, 0) is 23.8 Å². The predicted molar refractivity (Wildman–Crippen MR) is 92.4 cm³/mol. The number of halogens is 1. The normalized spacial score (nSPS) is 13.0. The van der Waals surface area contributed by atoms with Crippen LogP contribution < -0.4 is 5.32 Å². The number of aromatic nitrogens is 1. The molecule has 102 valence electrons. The summed E-state index contributed by atoms with van der Waals surface area (Å²) in [5.41, 5.74) is 5.50. The van der Waals surface area contributed by atoms with E-state index >= 15 is 0 Å². The van der Waals surface area contributed by atoms with Crippen LogP contribution in [0.4, 0.5) is 5.69 Å². The van der Waals surface area contributed by atoms with Crippen molar-refractivity contribution in [3.05, 3.63) is 64.6 Å². The molecule has 0 atom stereocenters. The van der Waals surface area contributed by atoms with Crippen LogP contribution >= 0.6 is 15.9 Å². The Morgan fingerprint density at radius 3 is 2.62 bits per heavy atom. The molecule has 0 radical (unpaired) electrons. The van der Waals surface area contributed by atoms with Crippen molar-refractivity contribution in [1.29, 1.82) is 0 Å². The Morgan fingerprint density at radius 2 is 1.76 bits per heavy atom. The smallest absolute Gasteiger partial charge is 0.0947 e. The van der Waals surface area contributed by atoms with Crippen molar-refractivity contribution in [2.75, 3.05) is 11.9 Å². The molecule has 21 heavy (non-hydrogen) atoms. The molecular weight excluding hydrogens is 324 g/mol. The highest BCUT2D eigenvalue weighted by Crippen LogP contribution is 2.31. The van der Waals surface area contributed by atoms with E-state index in [2.05, 4.69) is 69.8 Å². The van der Waals surface area contributed by atoms with Gasteiger partial charge in [-0.15, -0.1) is 0 Å². The first-order valence-corrected chi connectivity index (χ1v) is 7.71. The third-order valence-electron chi connectivity index (χ3n) is 3.73. The minimum atomic E-state index is 0.857. The van der Waals surface area contributed by atoms with Crippen LogP contribution in [0, 0.1) is 0 Å². The van der Waals surface area contributed by atoms with Crippen molar-refractivity contribution < 1.29 is 0 Å². The number of fused-ring (bicyclic) bond motifs is 3. The van der Waals surface area contributed by atoms with Crippen LogP contribution in [0.15, 0.2) is 59.1 Å². The second-order valence-electron chi connectivity index (χ2n) is 5.09. The molecule has 0 unspecified atom stereocenters. The summed E-state index contributed by atoms with van der Waals surface area (Å²) in [6.45, 7) is 0.857. The van der Waals surface area contributed by atoms with E-state index in [-0.39, 0.29) is 0 Å². The monoisotopic (exact) mass is 336 g/mol. The van der Waals surface area contributed by atoms with Crippen LogP contribution in [0.5, 0.6) is 0 Å². The number of hydrogen-bond acceptors (Lipinski definition) is 2. The van der Waals surface area contributed by atoms with Crippen molar-refractivity contribution in [1.82, 2.24) is 4.98 Å². The van der Waals surface area contributed by atoms with Crippen LogP contribution in [0.1, 0.15) is 5.56 Å². The molecule has 0 spiro atoms. The fraction of sp³-hybridized carbons (Fsp3) is 0.0556. The minimum Gasteiger partial charge on any atom is -0.379 e. The van der Waals surface area contributed by atoms with E-state index < -0.39 is 0 Å². The van der Waals surface area contributed by atoms with E-state index in [1.807, 2.05) is 12.1 Å². The molecule has 1 aliphatic heterocycles. The zero-order valence-electron chi connectivity index (χ0n) is 11.3. The lowest BCUT2D eigenvalue weighted by Crippen LogP contribution is -2.05. The SMILES string of the molecule is Brc1ccc(-c2ccc3ccc4c(c3n2)NCC=C4)cc1. The Balaban J connectivity index is 1.92. The van der Waals surface area contributed by atoms with E-state index in [1.165, 1.54) is 5.56 Å². The van der Waals surface area contributed by atoms with Gasteiger partial charge in [0.1, 0.15) is 0 Å². The maximum Gasteiger partial charge on any atom is 0.0947 e. The summed E-state index contributed by atoms with van der Waals surface area (Å²) < 4.78 is 1.08. The number of nitrogens with zero attached hydrogens (tertiary/aromatic N) is 1. The molecule has 2 nitrogen and oxygen atoms in total. The Kier molecular flexibility index (Phi) is 3.00. The van der Waals surface area contributed by atoms with E-state index in [4.69, 9.17) is 4.98 Å². The van der Waals surface area contributed by atoms with Crippen molar-refractivity contribution >= 4 is 38.6 Å². The van der Waals surface area contributed by atoms with Gasteiger partial charge in [-0.1, -0.05) is 58.4 Å². The Bertz CT molecular complexity index is 851. The second kappa shape index (κ2) is 5.01. The molecule has 0 fully saturated rings. The molecule has 0 saturated carbocycles. The van der Waals surface area contributed by atoms with Gasteiger partial charge in [0.25, 0.3) is 0 Å². The van der Waals surface area contributed by atoms with Gasteiger partial charge in [-0.25, -0.2) is 4.98 Å². The number of pyridine rings is 1. The van der Waals surface area contributed by atoms with E-state index in [9.17, 15) is 0 Å². The van der Waals surface area contributed by atoms with Crippen molar-refractivity contribution in [3.63, 3.8) is 0 Å². The number of hydrogen-bond donors (Lipinski definition) is 1. The Hall–Kier alpha value is -2.13. The summed E-state index contributed by atoms with van der Waals surface area (Å²) in [7, 11) is 0. The molecule has 1 aromatic heterocycles. The summed E-state index contributed by atoms with van der Waals surface area (Å²) in [5.74, 6) is 0. The molecular formula is C18H13BrN2. The second-order valence-corrected chi connectivity index (χ2v) is 6.00. The molecule has 1 N–H and O–H groups in total. The predicted octanol–water partition coefficient (Wildman–Crippen LogP) is 5.10. The zero-order valence-corrected chi connectivity index (χ0v) is 12.9. The van der Waals surface area contributed by atoms with Gasteiger partial charge < -0.3 is 5.32 Å². The number of rotatable bonds is 1. The highest BCUT2D eigenvalue weighted by Gasteiger charge is 2.10. The van der Waals surface area contributed by atoms with Crippen molar-refractivity contribution in [2.45, 2.75) is 0 Å². The van der Waals surface area contributed by atoms with Gasteiger partial charge in [0.15, 0.2) is 0 Å². The fourth-order valence-electron chi connectivity index (χ4n) is 2.66. The van der Waals surface area contributed by atoms with Crippen LogP contribution in [0.2, 0.25) is 0 Å². The molecule has 1 aliphatic rings. The zero-order chi connectivity index (χ0) is 14.2. The quantitative estimate of drug-likeness (QED) is 0.668. The number of nitrogens with one attached hydrogen (secondary N) is 1. The molecule has 2 heterocycles. The summed E-state index contributed by atoms with van der Waals surface area (Å²) in [5, 5.41) is 4.60.